The van der Waals surface area contributed by atoms with Crippen LogP contribution in [0.15, 0.2) is 54.7 Å². The zero-order valence-electron chi connectivity index (χ0n) is 20.8. The summed E-state index contributed by atoms with van der Waals surface area (Å²) in [7, 11) is 0. The summed E-state index contributed by atoms with van der Waals surface area (Å²) < 4.78 is 22.5. The van der Waals surface area contributed by atoms with Crippen LogP contribution in [0, 0.1) is 29.0 Å². The van der Waals surface area contributed by atoms with Gasteiger partial charge in [-0.15, -0.1) is 13.2 Å². The van der Waals surface area contributed by atoms with Crippen molar-refractivity contribution < 1.29 is 14.0 Å². The first-order chi connectivity index (χ1) is 16.7. The summed E-state index contributed by atoms with van der Waals surface area (Å²) >= 11 is 0. The summed E-state index contributed by atoms with van der Waals surface area (Å²) in [5.74, 6) is -0.246. The maximum Gasteiger partial charge on any atom is 0.270 e. The van der Waals surface area contributed by atoms with Crippen LogP contribution in [0.4, 0.5) is 10.3 Å². The summed E-state index contributed by atoms with van der Waals surface area (Å²) in [6.45, 7) is 16.4. The van der Waals surface area contributed by atoms with E-state index in [4.69, 9.17) is 4.52 Å². The largest absolute Gasteiger partial charge is 0.495 e. The van der Waals surface area contributed by atoms with Gasteiger partial charge >= 0.3 is 0 Å². The lowest BCUT2D eigenvalue weighted by Crippen LogP contribution is -2.32. The number of hydrogen-bond acceptors (Lipinski definition) is 6. The normalized spacial score (nSPS) is 17.9. The predicted octanol–water partition coefficient (Wildman–Crippen LogP) is 6.48. The second-order valence-corrected chi connectivity index (χ2v) is 10.0. The summed E-state index contributed by atoms with van der Waals surface area (Å²) in [6.07, 6.45) is 5.85. The van der Waals surface area contributed by atoms with Crippen LogP contribution in [0.3, 0.4) is 0 Å². The molecule has 0 spiro atoms. The number of fused-ring (bicyclic) bond motifs is 1. The number of aliphatic hydroxyl groups excluding tert-OH is 1. The van der Waals surface area contributed by atoms with Crippen molar-refractivity contribution >= 4 is 16.9 Å². The minimum atomic E-state index is -0.553. The number of aliphatic hydroxyl groups is 1. The van der Waals surface area contributed by atoms with Gasteiger partial charge in [0.15, 0.2) is 5.88 Å². The minimum Gasteiger partial charge on any atom is -0.495 e. The molecule has 2 atom stereocenters. The van der Waals surface area contributed by atoms with Crippen molar-refractivity contribution in [3.8, 4) is 6.07 Å². The average molecular weight is 480 g/mol. The van der Waals surface area contributed by atoms with Crippen LogP contribution in [-0.4, -0.2) is 26.4 Å². The van der Waals surface area contributed by atoms with Gasteiger partial charge in [-0.05, 0) is 55.9 Å². The molecule has 8 heteroatoms. The fraction of sp³-hybridized carbons (Fsp3) is 0.444. The van der Waals surface area contributed by atoms with Gasteiger partial charge in [0, 0.05) is 18.5 Å². The van der Waals surface area contributed by atoms with Crippen molar-refractivity contribution in [1.29, 1.82) is 5.26 Å². The van der Waals surface area contributed by atoms with Gasteiger partial charge in [-0.1, -0.05) is 32.3 Å². The fourth-order valence-electron chi connectivity index (χ4n) is 4.75. The zero-order valence-corrected chi connectivity index (χ0v) is 20.8. The van der Waals surface area contributed by atoms with Gasteiger partial charge in [0.2, 0.25) is 5.82 Å². The lowest BCUT2D eigenvalue weighted by Gasteiger charge is -2.32. The van der Waals surface area contributed by atoms with E-state index < -0.39 is 11.2 Å². The Labute approximate surface area is 206 Å². The van der Waals surface area contributed by atoms with E-state index >= 15 is 4.39 Å². The van der Waals surface area contributed by atoms with E-state index in [1.165, 1.54) is 4.90 Å². The van der Waals surface area contributed by atoms with Gasteiger partial charge in [-0.3, -0.25) is 4.90 Å². The van der Waals surface area contributed by atoms with Crippen molar-refractivity contribution in [2.24, 2.45) is 11.8 Å². The second-order valence-electron chi connectivity index (χ2n) is 10.0. The van der Waals surface area contributed by atoms with Crippen LogP contribution in [-0.2, 0) is 12.0 Å². The lowest BCUT2D eigenvalue weighted by molar-refractivity contribution is 0.239. The topological polar surface area (TPSA) is 91.1 Å². The predicted molar refractivity (Wildman–Crippen MR) is 135 cm³/mol. The lowest BCUT2D eigenvalue weighted by atomic mass is 9.81. The van der Waals surface area contributed by atoms with E-state index in [2.05, 4.69) is 40.5 Å². The molecule has 0 amide bonds. The number of nitrogens with zero attached hydrogens (tertiary/aromatic N) is 5. The van der Waals surface area contributed by atoms with Crippen molar-refractivity contribution in [1.82, 2.24) is 14.7 Å². The van der Waals surface area contributed by atoms with Crippen LogP contribution in [0.5, 0.6) is 0 Å². The molecule has 1 aliphatic rings. The highest BCUT2D eigenvalue weighted by Gasteiger charge is 2.32. The van der Waals surface area contributed by atoms with Crippen LogP contribution in [0.1, 0.15) is 57.7 Å². The molecule has 2 unspecified atom stereocenters. The molecule has 4 rings (SSSR count). The standard InChI is InChI=1S/C25H30FN5O2.C2H4/c1-16(32)31(24-22(26)23(29-33-24)25(2,3)4)14-19-7-5-6-18(10-19)13-30-15-28-20-9-8-17(12-27)11-21(20)30;1-2/h8-9,11,15,18-19,32H,1,5-7,10,13-14H2,2-4H3;1-2H2. The Hall–Kier alpha value is -3.60. The molecule has 0 bridgehead atoms. The highest BCUT2D eigenvalue weighted by atomic mass is 19.1. The van der Waals surface area contributed by atoms with Crippen LogP contribution < -0.4 is 4.90 Å². The molecule has 0 saturated heterocycles. The van der Waals surface area contributed by atoms with Gasteiger partial charge in [0.1, 0.15) is 5.69 Å². The molecule has 1 fully saturated rings. The molecule has 0 radical (unpaired) electrons. The van der Waals surface area contributed by atoms with Crippen LogP contribution >= 0.6 is 0 Å². The molecule has 7 nitrogen and oxygen atoms in total. The molecule has 1 N–H and O–H groups in total. The van der Waals surface area contributed by atoms with Crippen molar-refractivity contribution in [3.05, 3.63) is 67.2 Å². The Morgan fingerprint density at radius 2 is 2.03 bits per heavy atom. The molecule has 0 aliphatic heterocycles. The highest BCUT2D eigenvalue weighted by molar-refractivity contribution is 5.76. The third-order valence-corrected chi connectivity index (χ3v) is 6.42. The first kappa shape index (κ1) is 26.0. The number of halogens is 1. The monoisotopic (exact) mass is 479 g/mol. The third kappa shape index (κ3) is 5.73. The minimum absolute atomic E-state index is 0.0841. The second kappa shape index (κ2) is 10.8. The van der Waals surface area contributed by atoms with Crippen LogP contribution in [0.25, 0.3) is 11.0 Å². The number of nitriles is 1. The van der Waals surface area contributed by atoms with E-state index in [9.17, 15) is 10.4 Å². The third-order valence-electron chi connectivity index (χ3n) is 6.42. The number of rotatable bonds is 6. The summed E-state index contributed by atoms with van der Waals surface area (Å²) in [4.78, 5) is 5.86. The maximum atomic E-state index is 15.0. The first-order valence-corrected chi connectivity index (χ1v) is 11.8. The number of imidazole rings is 1. The Bertz CT molecular complexity index is 1220. The van der Waals surface area contributed by atoms with Gasteiger partial charge in [-0.2, -0.15) is 9.65 Å². The van der Waals surface area contributed by atoms with Crippen molar-refractivity contribution in [2.45, 2.75) is 58.4 Å². The molecule has 3 aromatic rings. The van der Waals surface area contributed by atoms with E-state index in [0.29, 0.717) is 18.0 Å². The van der Waals surface area contributed by atoms with Gasteiger partial charge in [0.25, 0.3) is 5.88 Å². The molecule has 1 aromatic carbocycles. The van der Waals surface area contributed by atoms with E-state index in [0.717, 1.165) is 43.3 Å². The quantitative estimate of drug-likeness (QED) is 0.321. The number of anilines is 1. The molecular formula is C27H34FN5O2. The Balaban J connectivity index is 0.00000167. The molecule has 1 aliphatic carbocycles. The molecular weight excluding hydrogens is 445 g/mol. The molecule has 1 saturated carbocycles. The number of benzene rings is 1. The SMILES string of the molecule is C=C.C=C(O)N(CC1CCCC(Cn2cnc3ccc(C#N)cc32)C1)c1onc(C(C)(C)C)c1F. The highest BCUT2D eigenvalue weighted by Crippen LogP contribution is 2.36. The van der Waals surface area contributed by atoms with Gasteiger partial charge in [0.05, 0.1) is 29.0 Å². The van der Waals surface area contributed by atoms with E-state index in [1.54, 1.807) is 6.07 Å². The molecule has 2 heterocycles. The zero-order chi connectivity index (χ0) is 25.8. The van der Waals surface area contributed by atoms with Crippen LogP contribution in [0.2, 0.25) is 0 Å². The van der Waals surface area contributed by atoms with Gasteiger partial charge in [-0.25, -0.2) is 4.98 Å². The van der Waals surface area contributed by atoms with Crippen molar-refractivity contribution in [2.75, 3.05) is 11.4 Å². The fourth-order valence-corrected chi connectivity index (χ4v) is 4.75. The molecule has 35 heavy (non-hydrogen) atoms. The average Bonchev–Trinajstić information content (AvgIpc) is 3.41. The Morgan fingerprint density at radius 1 is 1.31 bits per heavy atom. The maximum absolute atomic E-state index is 15.0. The van der Waals surface area contributed by atoms with Crippen molar-refractivity contribution in [3.63, 3.8) is 0 Å². The summed E-state index contributed by atoms with van der Waals surface area (Å²) in [5.41, 5.74) is 2.17. The number of aromatic nitrogens is 3. The Kier molecular flexibility index (Phi) is 8.00. The molecule has 186 valence electrons. The number of hydrogen-bond donors (Lipinski definition) is 1. The summed E-state index contributed by atoms with van der Waals surface area (Å²) in [5, 5.41) is 23.3. The summed E-state index contributed by atoms with van der Waals surface area (Å²) in [6, 6.07) is 7.71. The van der Waals surface area contributed by atoms with Gasteiger partial charge < -0.3 is 14.2 Å². The molecule has 2 aromatic heterocycles. The van der Waals surface area contributed by atoms with E-state index in [-0.39, 0.29) is 23.4 Å². The Morgan fingerprint density at radius 3 is 2.66 bits per heavy atom. The first-order valence-electron chi connectivity index (χ1n) is 11.8. The smallest absolute Gasteiger partial charge is 0.270 e. The van der Waals surface area contributed by atoms with E-state index in [1.807, 2.05) is 39.2 Å².